The Hall–Kier alpha value is -1.15. The van der Waals surface area contributed by atoms with Crippen molar-refractivity contribution in [2.75, 3.05) is 32.7 Å². The van der Waals surface area contributed by atoms with E-state index in [4.69, 9.17) is 0 Å². The molecular formula is C13H13BrF4N2O. The number of alkyl halides is 3. The van der Waals surface area contributed by atoms with Gasteiger partial charge in [-0.15, -0.1) is 0 Å². The molecule has 0 saturated carbocycles. The van der Waals surface area contributed by atoms with Crippen molar-refractivity contribution in [2.45, 2.75) is 6.18 Å². The van der Waals surface area contributed by atoms with Gasteiger partial charge in [0.05, 0.1) is 12.1 Å². The van der Waals surface area contributed by atoms with E-state index in [1.54, 1.807) is 0 Å². The standard InChI is InChI=1S/C13H13BrF4N2O/c14-11-7-9(15)1-2-10(11)12(21)20-5-3-19(4-6-20)8-13(16,17)18/h1-2,7H,3-6,8H2. The zero-order chi connectivity index (χ0) is 15.6. The zero-order valence-corrected chi connectivity index (χ0v) is 12.5. The van der Waals surface area contributed by atoms with Crippen LogP contribution < -0.4 is 0 Å². The predicted octanol–water partition coefficient (Wildman–Crippen LogP) is 2.91. The highest BCUT2D eigenvalue weighted by Gasteiger charge is 2.33. The van der Waals surface area contributed by atoms with Gasteiger partial charge in [-0.2, -0.15) is 13.2 Å². The van der Waals surface area contributed by atoms with E-state index in [-0.39, 0.29) is 32.1 Å². The molecule has 1 aromatic carbocycles. The molecule has 1 aliphatic rings. The fraction of sp³-hybridized carbons (Fsp3) is 0.462. The van der Waals surface area contributed by atoms with Gasteiger partial charge in [0.1, 0.15) is 5.82 Å². The van der Waals surface area contributed by atoms with Gasteiger partial charge in [0.25, 0.3) is 5.91 Å². The molecular weight excluding hydrogens is 356 g/mol. The van der Waals surface area contributed by atoms with Crippen molar-refractivity contribution < 1.29 is 22.4 Å². The fourth-order valence-corrected chi connectivity index (χ4v) is 2.72. The van der Waals surface area contributed by atoms with E-state index in [0.717, 1.165) is 0 Å². The van der Waals surface area contributed by atoms with Crippen molar-refractivity contribution in [3.8, 4) is 0 Å². The SMILES string of the molecule is O=C(c1ccc(F)cc1Br)N1CCN(CC(F)(F)F)CC1. The van der Waals surface area contributed by atoms with Crippen LogP contribution in [0.15, 0.2) is 22.7 Å². The number of carbonyl (C=O) groups is 1. The van der Waals surface area contributed by atoms with Gasteiger partial charge in [-0.3, -0.25) is 9.69 Å². The molecule has 0 aromatic heterocycles. The van der Waals surface area contributed by atoms with E-state index in [1.165, 1.54) is 28.0 Å². The minimum Gasteiger partial charge on any atom is -0.336 e. The largest absolute Gasteiger partial charge is 0.401 e. The maximum atomic E-state index is 13.0. The maximum Gasteiger partial charge on any atom is 0.401 e. The first kappa shape index (κ1) is 16.2. The van der Waals surface area contributed by atoms with Crippen molar-refractivity contribution in [1.29, 1.82) is 0 Å². The van der Waals surface area contributed by atoms with Crippen molar-refractivity contribution in [3.63, 3.8) is 0 Å². The molecule has 8 heteroatoms. The summed E-state index contributed by atoms with van der Waals surface area (Å²) in [4.78, 5) is 15.0. The molecule has 1 aliphatic heterocycles. The second-order valence-corrected chi connectivity index (χ2v) is 5.66. The summed E-state index contributed by atoms with van der Waals surface area (Å²) in [7, 11) is 0. The molecule has 0 N–H and O–H groups in total. The third-order valence-corrected chi connectivity index (χ3v) is 3.88. The smallest absolute Gasteiger partial charge is 0.336 e. The number of piperazine rings is 1. The number of halogens is 5. The number of nitrogens with zero attached hydrogens (tertiary/aromatic N) is 2. The van der Waals surface area contributed by atoms with Gasteiger partial charge in [0.15, 0.2) is 0 Å². The Morgan fingerprint density at radius 3 is 2.33 bits per heavy atom. The molecule has 2 rings (SSSR count). The first-order valence-electron chi connectivity index (χ1n) is 6.30. The highest BCUT2D eigenvalue weighted by Crippen LogP contribution is 2.21. The lowest BCUT2D eigenvalue weighted by atomic mass is 10.1. The molecule has 116 valence electrons. The Kier molecular flexibility index (Phi) is 4.88. The quantitative estimate of drug-likeness (QED) is 0.749. The molecule has 0 unspecified atom stereocenters. The summed E-state index contributed by atoms with van der Waals surface area (Å²) in [5, 5.41) is 0. The molecule has 0 atom stereocenters. The number of carbonyl (C=O) groups excluding carboxylic acids is 1. The third kappa shape index (κ3) is 4.41. The van der Waals surface area contributed by atoms with E-state index >= 15 is 0 Å². The van der Waals surface area contributed by atoms with Crippen molar-refractivity contribution in [2.24, 2.45) is 0 Å². The van der Waals surface area contributed by atoms with E-state index in [1.807, 2.05) is 0 Å². The molecule has 1 aromatic rings. The third-order valence-electron chi connectivity index (χ3n) is 3.22. The van der Waals surface area contributed by atoms with Crippen LogP contribution >= 0.6 is 15.9 Å². The predicted molar refractivity (Wildman–Crippen MR) is 72.5 cm³/mol. The summed E-state index contributed by atoms with van der Waals surface area (Å²) in [6.45, 7) is -0.180. The highest BCUT2D eigenvalue weighted by molar-refractivity contribution is 9.10. The van der Waals surface area contributed by atoms with Gasteiger partial charge < -0.3 is 4.90 Å². The summed E-state index contributed by atoms with van der Waals surface area (Å²) in [6, 6.07) is 3.73. The molecule has 3 nitrogen and oxygen atoms in total. The average Bonchev–Trinajstić information content (AvgIpc) is 2.37. The van der Waals surface area contributed by atoms with Gasteiger partial charge in [-0.1, -0.05) is 0 Å². The van der Waals surface area contributed by atoms with Crippen LogP contribution in [0.5, 0.6) is 0 Å². The van der Waals surface area contributed by atoms with Crippen LogP contribution in [0.3, 0.4) is 0 Å². The molecule has 0 bridgehead atoms. The van der Waals surface area contributed by atoms with Gasteiger partial charge in [-0.25, -0.2) is 4.39 Å². The molecule has 1 fully saturated rings. The Balaban J connectivity index is 1.97. The minimum atomic E-state index is -4.23. The molecule has 0 spiro atoms. The Morgan fingerprint density at radius 2 is 1.81 bits per heavy atom. The number of amides is 1. The van der Waals surface area contributed by atoms with E-state index in [9.17, 15) is 22.4 Å². The lowest BCUT2D eigenvalue weighted by Gasteiger charge is -2.35. The molecule has 21 heavy (non-hydrogen) atoms. The summed E-state index contributed by atoms with van der Waals surface area (Å²) in [5.74, 6) is -0.776. The van der Waals surface area contributed by atoms with Crippen molar-refractivity contribution in [3.05, 3.63) is 34.1 Å². The van der Waals surface area contributed by atoms with E-state index in [0.29, 0.717) is 10.0 Å². The summed E-state index contributed by atoms with van der Waals surface area (Å²) in [5.41, 5.74) is 0.306. The molecule has 0 radical (unpaired) electrons. The lowest BCUT2D eigenvalue weighted by Crippen LogP contribution is -2.51. The van der Waals surface area contributed by atoms with Gasteiger partial charge >= 0.3 is 6.18 Å². The second-order valence-electron chi connectivity index (χ2n) is 4.81. The Bertz CT molecular complexity index is 527. The Labute approximate surface area is 127 Å². The number of rotatable bonds is 2. The normalized spacial score (nSPS) is 17.1. The minimum absolute atomic E-state index is 0.171. The monoisotopic (exact) mass is 368 g/mol. The number of benzene rings is 1. The molecule has 1 saturated heterocycles. The van der Waals surface area contributed by atoms with Crippen LogP contribution in [-0.4, -0.2) is 54.6 Å². The van der Waals surface area contributed by atoms with Crippen molar-refractivity contribution >= 4 is 21.8 Å². The van der Waals surface area contributed by atoms with Crippen LogP contribution in [0.25, 0.3) is 0 Å². The van der Waals surface area contributed by atoms with Gasteiger partial charge in [-0.05, 0) is 34.1 Å². The molecule has 1 amide bonds. The topological polar surface area (TPSA) is 23.6 Å². The zero-order valence-electron chi connectivity index (χ0n) is 11.0. The van der Waals surface area contributed by atoms with Crippen LogP contribution in [0.4, 0.5) is 17.6 Å². The van der Waals surface area contributed by atoms with Crippen LogP contribution in [0.1, 0.15) is 10.4 Å². The first-order chi connectivity index (χ1) is 9.76. The fourth-order valence-electron chi connectivity index (χ4n) is 2.20. The number of hydrogen-bond acceptors (Lipinski definition) is 2. The van der Waals surface area contributed by atoms with Crippen LogP contribution in [-0.2, 0) is 0 Å². The maximum absolute atomic E-state index is 13.0. The van der Waals surface area contributed by atoms with Crippen molar-refractivity contribution in [1.82, 2.24) is 9.80 Å². The Morgan fingerprint density at radius 1 is 1.19 bits per heavy atom. The number of hydrogen-bond donors (Lipinski definition) is 0. The van der Waals surface area contributed by atoms with E-state index < -0.39 is 18.5 Å². The average molecular weight is 369 g/mol. The molecule has 1 heterocycles. The van der Waals surface area contributed by atoms with Gasteiger partial charge in [0, 0.05) is 30.7 Å². The first-order valence-corrected chi connectivity index (χ1v) is 7.09. The van der Waals surface area contributed by atoms with E-state index in [2.05, 4.69) is 15.9 Å². The summed E-state index contributed by atoms with van der Waals surface area (Å²) >= 11 is 3.12. The summed E-state index contributed by atoms with van der Waals surface area (Å²) < 4.78 is 50.2. The summed E-state index contributed by atoms with van der Waals surface area (Å²) in [6.07, 6.45) is -4.23. The van der Waals surface area contributed by atoms with Gasteiger partial charge in [0.2, 0.25) is 0 Å². The van der Waals surface area contributed by atoms with Crippen LogP contribution in [0, 0.1) is 5.82 Å². The highest BCUT2D eigenvalue weighted by atomic mass is 79.9. The molecule has 0 aliphatic carbocycles. The second kappa shape index (κ2) is 6.31. The lowest BCUT2D eigenvalue weighted by molar-refractivity contribution is -0.148. The van der Waals surface area contributed by atoms with Crippen LogP contribution in [0.2, 0.25) is 0 Å².